The van der Waals surface area contributed by atoms with E-state index in [9.17, 15) is 4.79 Å². The SMILES string of the molecule is CNCCOC(=O)CO/N=C(\C)c1ccc(Cl)cc1.Cl. The molecule has 0 aromatic heterocycles. The van der Waals surface area contributed by atoms with E-state index in [0.717, 1.165) is 5.56 Å². The Labute approximate surface area is 129 Å². The molecule has 0 saturated carbocycles. The van der Waals surface area contributed by atoms with Gasteiger partial charge in [-0.3, -0.25) is 0 Å². The van der Waals surface area contributed by atoms with Crippen LogP contribution < -0.4 is 5.32 Å². The molecule has 0 bridgehead atoms. The van der Waals surface area contributed by atoms with Crippen LogP contribution in [-0.2, 0) is 14.4 Å². The van der Waals surface area contributed by atoms with Gasteiger partial charge in [-0.15, -0.1) is 12.4 Å². The maximum Gasteiger partial charge on any atom is 0.347 e. The Morgan fingerprint density at radius 1 is 1.35 bits per heavy atom. The van der Waals surface area contributed by atoms with Crippen molar-refractivity contribution in [1.29, 1.82) is 0 Å². The number of carbonyl (C=O) groups excluding carboxylic acids is 1. The Morgan fingerprint density at radius 2 is 2.00 bits per heavy atom. The van der Waals surface area contributed by atoms with Crippen LogP contribution in [0.3, 0.4) is 0 Å². The van der Waals surface area contributed by atoms with Crippen LogP contribution in [-0.4, -0.2) is 38.5 Å². The van der Waals surface area contributed by atoms with Gasteiger partial charge in [0.25, 0.3) is 0 Å². The summed E-state index contributed by atoms with van der Waals surface area (Å²) in [4.78, 5) is 16.2. The standard InChI is InChI=1S/C13H17ClN2O3.ClH/c1-10(11-3-5-12(14)6-4-11)16-19-9-13(17)18-8-7-15-2;/h3-6,15H,7-9H2,1-2H3;1H/b16-10+;. The summed E-state index contributed by atoms with van der Waals surface area (Å²) in [6.45, 7) is 2.52. The fourth-order valence-electron chi connectivity index (χ4n) is 1.23. The zero-order chi connectivity index (χ0) is 14.1. The Kier molecular flexibility index (Phi) is 9.80. The smallest absolute Gasteiger partial charge is 0.347 e. The van der Waals surface area contributed by atoms with E-state index >= 15 is 0 Å². The molecule has 0 saturated heterocycles. The molecular formula is C13H18Cl2N2O3. The van der Waals surface area contributed by atoms with E-state index in [1.807, 2.05) is 12.1 Å². The highest BCUT2D eigenvalue weighted by molar-refractivity contribution is 6.30. The van der Waals surface area contributed by atoms with Crippen LogP contribution in [0.1, 0.15) is 12.5 Å². The Balaban J connectivity index is 0.00000361. The predicted octanol–water partition coefficient (Wildman–Crippen LogP) is 2.27. The number of ether oxygens (including phenoxy) is 1. The van der Waals surface area contributed by atoms with Crippen LogP contribution in [0.2, 0.25) is 5.02 Å². The van der Waals surface area contributed by atoms with E-state index in [-0.39, 0.29) is 19.0 Å². The van der Waals surface area contributed by atoms with Crippen LogP contribution in [0.5, 0.6) is 0 Å². The molecule has 1 N–H and O–H groups in total. The summed E-state index contributed by atoms with van der Waals surface area (Å²) in [6.07, 6.45) is 0. The topological polar surface area (TPSA) is 59.9 Å². The molecule has 0 amide bonds. The van der Waals surface area contributed by atoms with Crippen LogP contribution >= 0.6 is 24.0 Å². The molecule has 1 rings (SSSR count). The van der Waals surface area contributed by atoms with Crippen LogP contribution in [0.4, 0.5) is 0 Å². The number of nitrogens with one attached hydrogen (secondary N) is 1. The third kappa shape index (κ3) is 7.33. The zero-order valence-electron chi connectivity index (χ0n) is 11.4. The normalized spacial score (nSPS) is 10.7. The molecule has 7 heteroatoms. The van der Waals surface area contributed by atoms with Gasteiger partial charge in [-0.1, -0.05) is 28.9 Å². The van der Waals surface area contributed by atoms with E-state index in [4.69, 9.17) is 21.2 Å². The number of carbonyl (C=O) groups is 1. The lowest BCUT2D eigenvalue weighted by atomic mass is 10.1. The molecule has 5 nitrogen and oxygen atoms in total. The van der Waals surface area contributed by atoms with Gasteiger partial charge in [0.15, 0.2) is 0 Å². The van der Waals surface area contributed by atoms with Gasteiger partial charge < -0.3 is 14.9 Å². The number of nitrogens with zero attached hydrogens (tertiary/aromatic N) is 1. The highest BCUT2D eigenvalue weighted by Gasteiger charge is 2.03. The molecule has 1 aromatic carbocycles. The first-order valence-electron chi connectivity index (χ1n) is 5.86. The molecule has 0 fully saturated rings. The summed E-state index contributed by atoms with van der Waals surface area (Å²) in [5.41, 5.74) is 1.55. The van der Waals surface area contributed by atoms with E-state index in [0.29, 0.717) is 23.9 Å². The quantitative estimate of drug-likeness (QED) is 0.362. The summed E-state index contributed by atoms with van der Waals surface area (Å²) in [5, 5.41) is 7.37. The zero-order valence-corrected chi connectivity index (χ0v) is 13.0. The van der Waals surface area contributed by atoms with Crippen LogP contribution in [0.15, 0.2) is 29.4 Å². The van der Waals surface area contributed by atoms with Crippen LogP contribution in [0, 0.1) is 0 Å². The highest BCUT2D eigenvalue weighted by atomic mass is 35.5. The molecule has 0 radical (unpaired) electrons. The molecule has 0 atom stereocenters. The van der Waals surface area contributed by atoms with E-state index in [2.05, 4.69) is 10.5 Å². The van der Waals surface area contributed by atoms with Crippen molar-refractivity contribution < 1.29 is 14.4 Å². The third-order valence-electron chi connectivity index (χ3n) is 2.26. The third-order valence-corrected chi connectivity index (χ3v) is 2.51. The van der Waals surface area contributed by atoms with Gasteiger partial charge in [-0.2, -0.15) is 0 Å². The van der Waals surface area contributed by atoms with Gasteiger partial charge in [0, 0.05) is 11.6 Å². The highest BCUT2D eigenvalue weighted by Crippen LogP contribution is 2.10. The van der Waals surface area contributed by atoms with Crippen molar-refractivity contribution in [2.24, 2.45) is 5.16 Å². The molecule has 0 aliphatic carbocycles. The average Bonchev–Trinajstić information content (AvgIpc) is 2.39. The molecule has 0 aliphatic rings. The number of halogens is 2. The fraction of sp³-hybridized carbons (Fsp3) is 0.385. The summed E-state index contributed by atoms with van der Waals surface area (Å²) in [7, 11) is 1.78. The summed E-state index contributed by atoms with van der Waals surface area (Å²) < 4.78 is 4.87. The fourth-order valence-corrected chi connectivity index (χ4v) is 1.36. The largest absolute Gasteiger partial charge is 0.462 e. The molecule has 20 heavy (non-hydrogen) atoms. The monoisotopic (exact) mass is 320 g/mol. The summed E-state index contributed by atoms with van der Waals surface area (Å²) >= 11 is 5.79. The first kappa shape index (κ1) is 18.7. The lowest BCUT2D eigenvalue weighted by Crippen LogP contribution is -2.19. The van der Waals surface area contributed by atoms with Gasteiger partial charge >= 0.3 is 5.97 Å². The molecule has 0 heterocycles. The number of likely N-dealkylation sites (N-methyl/N-ethyl adjacent to an activating group) is 1. The second kappa shape index (κ2) is 10.5. The van der Waals surface area contributed by atoms with Crippen molar-refractivity contribution in [3.05, 3.63) is 34.9 Å². The molecule has 0 aliphatic heterocycles. The van der Waals surface area contributed by atoms with Gasteiger partial charge in [0.1, 0.15) is 6.61 Å². The molecule has 0 unspecified atom stereocenters. The number of esters is 1. The Bertz CT molecular complexity index is 436. The second-order valence-corrected chi connectivity index (χ2v) is 4.22. The van der Waals surface area contributed by atoms with E-state index in [1.54, 1.807) is 26.1 Å². The number of benzene rings is 1. The first-order chi connectivity index (χ1) is 9.13. The summed E-state index contributed by atoms with van der Waals surface area (Å²) in [5.74, 6) is -0.442. The minimum Gasteiger partial charge on any atom is -0.462 e. The average molecular weight is 321 g/mol. The number of rotatable bonds is 7. The Hall–Kier alpha value is -1.30. The second-order valence-electron chi connectivity index (χ2n) is 3.78. The van der Waals surface area contributed by atoms with Crippen molar-refractivity contribution in [1.82, 2.24) is 5.32 Å². The minimum absolute atomic E-state index is 0. The first-order valence-corrected chi connectivity index (χ1v) is 6.24. The van der Waals surface area contributed by atoms with Crippen molar-refractivity contribution in [2.45, 2.75) is 6.92 Å². The van der Waals surface area contributed by atoms with Gasteiger partial charge in [0.2, 0.25) is 6.61 Å². The maximum atomic E-state index is 11.2. The molecule has 112 valence electrons. The van der Waals surface area contributed by atoms with Gasteiger partial charge in [-0.05, 0) is 31.7 Å². The van der Waals surface area contributed by atoms with Crippen LogP contribution in [0.25, 0.3) is 0 Å². The lowest BCUT2D eigenvalue weighted by Gasteiger charge is -2.04. The van der Waals surface area contributed by atoms with Crippen molar-refractivity contribution in [3.8, 4) is 0 Å². The summed E-state index contributed by atoms with van der Waals surface area (Å²) in [6, 6.07) is 7.19. The number of hydrogen-bond donors (Lipinski definition) is 1. The van der Waals surface area contributed by atoms with Crippen molar-refractivity contribution >= 4 is 35.7 Å². The molecule has 1 aromatic rings. The van der Waals surface area contributed by atoms with E-state index < -0.39 is 5.97 Å². The molecular weight excluding hydrogens is 303 g/mol. The number of oxime groups is 1. The lowest BCUT2D eigenvalue weighted by molar-refractivity contribution is -0.148. The van der Waals surface area contributed by atoms with Gasteiger partial charge in [0.05, 0.1) is 5.71 Å². The predicted molar refractivity (Wildman–Crippen MR) is 81.7 cm³/mol. The maximum absolute atomic E-state index is 11.2. The van der Waals surface area contributed by atoms with Gasteiger partial charge in [-0.25, -0.2) is 4.79 Å². The minimum atomic E-state index is -0.442. The van der Waals surface area contributed by atoms with E-state index in [1.165, 1.54) is 0 Å². The van der Waals surface area contributed by atoms with Crippen molar-refractivity contribution in [3.63, 3.8) is 0 Å². The molecule has 0 spiro atoms. The number of hydrogen-bond acceptors (Lipinski definition) is 5. The Morgan fingerprint density at radius 3 is 2.60 bits per heavy atom. The van der Waals surface area contributed by atoms with Crippen molar-refractivity contribution in [2.75, 3.05) is 26.8 Å².